The van der Waals surface area contributed by atoms with Gasteiger partial charge in [-0.25, -0.2) is 0 Å². The zero-order valence-corrected chi connectivity index (χ0v) is 12.1. The molecule has 0 bridgehead atoms. The van der Waals surface area contributed by atoms with Crippen molar-refractivity contribution in [3.05, 3.63) is 33.4 Å². The quantitative estimate of drug-likeness (QED) is 0.853. The van der Waals surface area contributed by atoms with Crippen molar-refractivity contribution in [3.63, 3.8) is 0 Å². The molecular weight excluding hydrogens is 325 g/mol. The van der Waals surface area contributed by atoms with Crippen LogP contribution >= 0.6 is 22.6 Å². The van der Waals surface area contributed by atoms with Gasteiger partial charge in [0.2, 0.25) is 0 Å². The van der Waals surface area contributed by atoms with Gasteiger partial charge in [0.25, 0.3) is 0 Å². The van der Waals surface area contributed by atoms with Crippen molar-refractivity contribution in [1.29, 1.82) is 0 Å². The molecule has 1 saturated carbocycles. The molecule has 3 heteroatoms. The molecule has 0 spiro atoms. The van der Waals surface area contributed by atoms with Gasteiger partial charge in [-0.05, 0) is 59.5 Å². The van der Waals surface area contributed by atoms with E-state index < -0.39 is 5.60 Å². The molecule has 1 saturated heterocycles. The van der Waals surface area contributed by atoms with E-state index in [1.54, 1.807) is 0 Å². The topological polar surface area (TPSA) is 23.5 Å². The molecule has 3 rings (SSSR count). The van der Waals surface area contributed by atoms with Crippen molar-refractivity contribution in [2.45, 2.75) is 37.3 Å². The van der Waals surface area contributed by atoms with Crippen LogP contribution in [0.25, 0.3) is 0 Å². The summed E-state index contributed by atoms with van der Waals surface area (Å²) in [7, 11) is 0. The molecular formula is C14H18INO. The third kappa shape index (κ3) is 2.83. The van der Waals surface area contributed by atoms with Crippen LogP contribution in [-0.2, 0) is 6.42 Å². The number of aliphatic hydroxyl groups is 1. The molecule has 2 aliphatic rings. The minimum Gasteiger partial charge on any atom is -0.388 e. The van der Waals surface area contributed by atoms with Crippen LogP contribution in [0.4, 0.5) is 0 Å². The Morgan fingerprint density at radius 2 is 2.00 bits per heavy atom. The number of β-amino-alcohol motifs (C(OH)–C–C–N with tert-alkyl or cyclic N) is 1. The van der Waals surface area contributed by atoms with E-state index in [1.165, 1.54) is 22.0 Å². The molecule has 1 unspecified atom stereocenters. The summed E-state index contributed by atoms with van der Waals surface area (Å²) < 4.78 is 1.25. The highest BCUT2D eigenvalue weighted by Gasteiger charge is 2.41. The Kier molecular flexibility index (Phi) is 3.17. The lowest BCUT2D eigenvalue weighted by atomic mass is 9.94. The number of hydrogen-bond acceptors (Lipinski definition) is 2. The average molecular weight is 343 g/mol. The second kappa shape index (κ2) is 4.52. The van der Waals surface area contributed by atoms with E-state index in [0.29, 0.717) is 0 Å². The van der Waals surface area contributed by atoms with Gasteiger partial charge in [0.15, 0.2) is 0 Å². The molecule has 1 heterocycles. The lowest BCUT2D eigenvalue weighted by molar-refractivity contribution is 0.0487. The summed E-state index contributed by atoms with van der Waals surface area (Å²) in [5.74, 6) is 0. The van der Waals surface area contributed by atoms with Crippen LogP contribution in [0.1, 0.15) is 24.8 Å². The van der Waals surface area contributed by atoms with Gasteiger partial charge in [-0.1, -0.05) is 12.1 Å². The lowest BCUT2D eigenvalue weighted by Crippen LogP contribution is -2.36. The molecule has 0 aromatic heterocycles. The van der Waals surface area contributed by atoms with Gasteiger partial charge in [0.05, 0.1) is 5.60 Å². The molecule has 2 nitrogen and oxygen atoms in total. The molecule has 0 radical (unpaired) electrons. The zero-order chi connectivity index (χ0) is 11.9. The van der Waals surface area contributed by atoms with E-state index in [4.69, 9.17) is 0 Å². The van der Waals surface area contributed by atoms with Crippen molar-refractivity contribution in [2.24, 2.45) is 0 Å². The predicted molar refractivity (Wildman–Crippen MR) is 77.0 cm³/mol. The fourth-order valence-corrected chi connectivity index (χ4v) is 3.13. The zero-order valence-electron chi connectivity index (χ0n) is 9.90. The maximum Gasteiger partial charge on any atom is 0.0826 e. The van der Waals surface area contributed by atoms with E-state index in [1.807, 2.05) is 0 Å². The standard InChI is InChI=1S/C14H18INO/c15-12-3-1-11(2-4-12)9-14(17)7-8-16(10-14)13-5-6-13/h1-4,13,17H,5-10H2. The molecule has 2 fully saturated rings. The SMILES string of the molecule is OC1(Cc2ccc(I)cc2)CCN(C2CC2)C1. The first-order valence-electron chi connectivity index (χ1n) is 6.36. The van der Waals surface area contributed by atoms with Crippen molar-refractivity contribution >= 4 is 22.6 Å². The monoisotopic (exact) mass is 343 g/mol. The Hall–Kier alpha value is -0.130. The van der Waals surface area contributed by atoms with E-state index in [2.05, 4.69) is 51.8 Å². The third-order valence-electron chi connectivity index (χ3n) is 3.87. The van der Waals surface area contributed by atoms with Gasteiger partial charge >= 0.3 is 0 Å². The van der Waals surface area contributed by atoms with Crippen LogP contribution in [0.15, 0.2) is 24.3 Å². The second-order valence-electron chi connectivity index (χ2n) is 5.48. The molecule has 1 aliphatic heterocycles. The van der Waals surface area contributed by atoms with Crippen LogP contribution < -0.4 is 0 Å². The van der Waals surface area contributed by atoms with E-state index in [0.717, 1.165) is 32.0 Å². The maximum absolute atomic E-state index is 10.6. The minimum absolute atomic E-state index is 0.491. The second-order valence-corrected chi connectivity index (χ2v) is 6.72. The highest BCUT2D eigenvalue weighted by atomic mass is 127. The summed E-state index contributed by atoms with van der Waals surface area (Å²) in [5, 5.41) is 10.6. The van der Waals surface area contributed by atoms with E-state index >= 15 is 0 Å². The number of likely N-dealkylation sites (tertiary alicyclic amines) is 1. The first kappa shape index (κ1) is 11.9. The molecule has 1 aliphatic carbocycles. The Balaban J connectivity index is 1.65. The molecule has 1 atom stereocenters. The molecule has 1 N–H and O–H groups in total. The smallest absolute Gasteiger partial charge is 0.0826 e. The Morgan fingerprint density at radius 3 is 2.65 bits per heavy atom. The Bertz CT molecular complexity index is 401. The first-order valence-corrected chi connectivity index (χ1v) is 7.43. The van der Waals surface area contributed by atoms with Crippen molar-refractivity contribution in [1.82, 2.24) is 4.90 Å². The fraction of sp³-hybridized carbons (Fsp3) is 0.571. The van der Waals surface area contributed by atoms with Gasteiger partial charge in [0, 0.05) is 29.1 Å². The molecule has 92 valence electrons. The van der Waals surface area contributed by atoms with Gasteiger partial charge < -0.3 is 5.11 Å². The molecule has 0 amide bonds. The van der Waals surface area contributed by atoms with Crippen LogP contribution in [0.2, 0.25) is 0 Å². The highest BCUT2D eigenvalue weighted by molar-refractivity contribution is 14.1. The van der Waals surface area contributed by atoms with Gasteiger partial charge in [0.1, 0.15) is 0 Å². The van der Waals surface area contributed by atoms with E-state index in [-0.39, 0.29) is 0 Å². The van der Waals surface area contributed by atoms with Gasteiger partial charge in [-0.15, -0.1) is 0 Å². The summed E-state index contributed by atoms with van der Waals surface area (Å²) in [6.07, 6.45) is 4.39. The lowest BCUT2D eigenvalue weighted by Gasteiger charge is -2.23. The van der Waals surface area contributed by atoms with Crippen LogP contribution in [0.5, 0.6) is 0 Å². The van der Waals surface area contributed by atoms with Gasteiger partial charge in [-0.3, -0.25) is 4.90 Å². The minimum atomic E-state index is -0.491. The first-order chi connectivity index (χ1) is 8.15. The van der Waals surface area contributed by atoms with Gasteiger partial charge in [-0.2, -0.15) is 0 Å². The van der Waals surface area contributed by atoms with Crippen molar-refractivity contribution in [3.8, 4) is 0 Å². The number of rotatable bonds is 3. The summed E-state index contributed by atoms with van der Waals surface area (Å²) >= 11 is 2.31. The predicted octanol–water partition coefficient (Wildman–Crippen LogP) is 2.43. The molecule has 17 heavy (non-hydrogen) atoms. The Morgan fingerprint density at radius 1 is 1.29 bits per heavy atom. The molecule has 1 aromatic carbocycles. The summed E-state index contributed by atoms with van der Waals surface area (Å²) in [6.45, 7) is 1.94. The van der Waals surface area contributed by atoms with Crippen molar-refractivity contribution < 1.29 is 5.11 Å². The number of benzene rings is 1. The van der Waals surface area contributed by atoms with Crippen LogP contribution in [0.3, 0.4) is 0 Å². The number of halogens is 1. The largest absolute Gasteiger partial charge is 0.388 e. The van der Waals surface area contributed by atoms with Crippen LogP contribution in [-0.4, -0.2) is 34.7 Å². The van der Waals surface area contributed by atoms with E-state index in [9.17, 15) is 5.11 Å². The third-order valence-corrected chi connectivity index (χ3v) is 4.59. The summed E-state index contributed by atoms with van der Waals surface area (Å²) in [5.41, 5.74) is 0.764. The highest BCUT2D eigenvalue weighted by Crippen LogP contribution is 2.34. The summed E-state index contributed by atoms with van der Waals surface area (Å²) in [6, 6.07) is 9.29. The van der Waals surface area contributed by atoms with Crippen LogP contribution in [0, 0.1) is 3.57 Å². The Labute approximate surface area is 116 Å². The normalized spacial score (nSPS) is 29.8. The average Bonchev–Trinajstić information content (AvgIpc) is 3.07. The fourth-order valence-electron chi connectivity index (χ4n) is 2.77. The molecule has 1 aromatic rings. The number of nitrogens with zero attached hydrogens (tertiary/aromatic N) is 1. The number of hydrogen-bond donors (Lipinski definition) is 1. The summed E-state index contributed by atoms with van der Waals surface area (Å²) in [4.78, 5) is 2.46. The maximum atomic E-state index is 10.6. The van der Waals surface area contributed by atoms with Crippen molar-refractivity contribution in [2.75, 3.05) is 13.1 Å².